The summed E-state index contributed by atoms with van der Waals surface area (Å²) in [5, 5.41) is 0. The molecule has 2 rings (SSSR count). The minimum atomic E-state index is -3.53. The number of benzene rings is 1. The van der Waals surface area contributed by atoms with Gasteiger partial charge in [-0.15, -0.1) is 0 Å². The smallest absolute Gasteiger partial charge is 0.247 e. The fraction of sp³-hybridized carbons (Fsp3) is 0.571. The number of piperidine rings is 1. The lowest BCUT2D eigenvalue weighted by molar-refractivity contribution is 0.217. The van der Waals surface area contributed by atoms with E-state index < -0.39 is 10.0 Å². The van der Waals surface area contributed by atoms with Gasteiger partial charge in [0.2, 0.25) is 10.0 Å². The Bertz CT molecular complexity index is 588. The van der Waals surface area contributed by atoms with Crippen molar-refractivity contribution in [2.45, 2.75) is 37.6 Å². The molecule has 0 spiro atoms. The van der Waals surface area contributed by atoms with Crippen molar-refractivity contribution in [3.05, 3.63) is 22.7 Å². The Kier molecular flexibility index (Phi) is 4.76. The van der Waals surface area contributed by atoms with Crippen molar-refractivity contribution >= 4 is 26.0 Å². The zero-order valence-corrected chi connectivity index (χ0v) is 14.4. The van der Waals surface area contributed by atoms with Gasteiger partial charge in [-0.3, -0.25) is 0 Å². The van der Waals surface area contributed by atoms with Gasteiger partial charge in [0.15, 0.2) is 0 Å². The Balaban J connectivity index is 2.46. The van der Waals surface area contributed by atoms with Gasteiger partial charge < -0.3 is 4.74 Å². The second kappa shape index (κ2) is 6.03. The van der Waals surface area contributed by atoms with E-state index in [9.17, 15) is 8.42 Å². The standard InChI is InChI=1S/C14H20BrNO3S/c1-10-4-5-11(2)16(9-10)20(17,18)14-8-12(15)6-7-13(14)19-3/h6-8,10-11H,4-5,9H2,1-3H3. The van der Waals surface area contributed by atoms with Crippen LogP contribution in [0.4, 0.5) is 0 Å². The summed E-state index contributed by atoms with van der Waals surface area (Å²) in [6.45, 7) is 4.62. The van der Waals surface area contributed by atoms with Gasteiger partial charge in [-0.2, -0.15) is 4.31 Å². The van der Waals surface area contributed by atoms with Crippen LogP contribution in [-0.2, 0) is 10.0 Å². The van der Waals surface area contributed by atoms with Gasteiger partial charge in [-0.05, 0) is 43.9 Å². The molecule has 0 saturated carbocycles. The van der Waals surface area contributed by atoms with Crippen LogP contribution in [-0.4, -0.2) is 32.4 Å². The molecule has 1 aliphatic rings. The molecule has 1 heterocycles. The average Bonchev–Trinajstić information content (AvgIpc) is 2.41. The van der Waals surface area contributed by atoms with E-state index in [2.05, 4.69) is 22.9 Å². The van der Waals surface area contributed by atoms with Crippen LogP contribution >= 0.6 is 15.9 Å². The van der Waals surface area contributed by atoms with Gasteiger partial charge >= 0.3 is 0 Å². The van der Waals surface area contributed by atoms with Crippen LogP contribution in [0.25, 0.3) is 0 Å². The molecule has 2 unspecified atom stereocenters. The largest absolute Gasteiger partial charge is 0.495 e. The zero-order chi connectivity index (χ0) is 14.9. The van der Waals surface area contributed by atoms with Crippen molar-refractivity contribution < 1.29 is 13.2 Å². The number of nitrogens with zero attached hydrogens (tertiary/aromatic N) is 1. The molecular formula is C14H20BrNO3S. The lowest BCUT2D eigenvalue weighted by Crippen LogP contribution is -2.44. The summed E-state index contributed by atoms with van der Waals surface area (Å²) in [5.74, 6) is 0.776. The second-order valence-corrected chi connectivity index (χ2v) is 8.18. The van der Waals surface area contributed by atoms with Crippen LogP contribution in [0.1, 0.15) is 26.7 Å². The molecule has 1 aliphatic heterocycles. The van der Waals surface area contributed by atoms with Gasteiger partial charge in [0.25, 0.3) is 0 Å². The highest BCUT2D eigenvalue weighted by Crippen LogP contribution is 2.33. The fourth-order valence-corrected chi connectivity index (χ4v) is 5.04. The molecule has 0 aliphatic carbocycles. The highest BCUT2D eigenvalue weighted by atomic mass is 79.9. The second-order valence-electron chi connectivity index (χ2n) is 5.40. The molecule has 1 aromatic carbocycles. The van der Waals surface area contributed by atoms with Crippen LogP contribution in [0, 0.1) is 5.92 Å². The zero-order valence-electron chi connectivity index (χ0n) is 12.0. The van der Waals surface area contributed by atoms with Gasteiger partial charge in [0, 0.05) is 17.1 Å². The molecular weight excluding hydrogens is 342 g/mol. The molecule has 0 amide bonds. The highest BCUT2D eigenvalue weighted by molar-refractivity contribution is 9.10. The molecule has 0 radical (unpaired) electrons. The summed E-state index contributed by atoms with van der Waals surface area (Å²) < 4.78 is 33.3. The third-order valence-corrected chi connectivity index (χ3v) is 6.27. The Morgan fingerprint density at radius 2 is 2.00 bits per heavy atom. The molecule has 1 aromatic rings. The minimum absolute atomic E-state index is 0.0277. The minimum Gasteiger partial charge on any atom is -0.495 e. The third-order valence-electron chi connectivity index (χ3n) is 3.77. The summed E-state index contributed by atoms with van der Waals surface area (Å²) in [4.78, 5) is 0.232. The summed E-state index contributed by atoms with van der Waals surface area (Å²) >= 11 is 3.33. The maximum absolute atomic E-state index is 12.9. The first-order valence-electron chi connectivity index (χ1n) is 6.71. The Hall–Kier alpha value is -0.590. The van der Waals surface area contributed by atoms with E-state index in [0.717, 1.165) is 17.3 Å². The number of hydrogen-bond donors (Lipinski definition) is 0. The molecule has 0 N–H and O–H groups in total. The number of ether oxygens (including phenoxy) is 1. The molecule has 6 heteroatoms. The van der Waals surface area contributed by atoms with Crippen molar-refractivity contribution in [3.63, 3.8) is 0 Å². The fourth-order valence-electron chi connectivity index (χ4n) is 2.56. The molecule has 4 nitrogen and oxygen atoms in total. The van der Waals surface area contributed by atoms with E-state index in [1.807, 2.05) is 6.92 Å². The lowest BCUT2D eigenvalue weighted by Gasteiger charge is -2.35. The SMILES string of the molecule is COc1ccc(Br)cc1S(=O)(=O)N1CC(C)CCC1C. The van der Waals surface area contributed by atoms with E-state index in [1.165, 1.54) is 7.11 Å². The third kappa shape index (κ3) is 3.02. The summed E-state index contributed by atoms with van der Waals surface area (Å²) in [5.41, 5.74) is 0. The summed E-state index contributed by atoms with van der Waals surface area (Å²) in [7, 11) is -2.04. The molecule has 0 aromatic heterocycles. The Morgan fingerprint density at radius 3 is 2.65 bits per heavy atom. The Morgan fingerprint density at radius 1 is 1.30 bits per heavy atom. The van der Waals surface area contributed by atoms with Crippen LogP contribution in [0.2, 0.25) is 0 Å². The van der Waals surface area contributed by atoms with Gasteiger partial charge in [0.05, 0.1) is 7.11 Å². The van der Waals surface area contributed by atoms with Gasteiger partial charge in [-0.25, -0.2) is 8.42 Å². The average molecular weight is 362 g/mol. The first kappa shape index (κ1) is 15.8. The molecule has 2 atom stereocenters. The van der Waals surface area contributed by atoms with Crippen molar-refractivity contribution in [2.75, 3.05) is 13.7 Å². The van der Waals surface area contributed by atoms with Crippen LogP contribution in [0.15, 0.2) is 27.6 Å². The van der Waals surface area contributed by atoms with Crippen molar-refractivity contribution in [2.24, 2.45) is 5.92 Å². The number of methoxy groups -OCH3 is 1. The van der Waals surface area contributed by atoms with Gasteiger partial charge in [-0.1, -0.05) is 22.9 Å². The van der Waals surface area contributed by atoms with E-state index in [0.29, 0.717) is 18.2 Å². The molecule has 1 fully saturated rings. The quantitative estimate of drug-likeness (QED) is 0.829. The topological polar surface area (TPSA) is 46.6 Å². The first-order chi connectivity index (χ1) is 9.36. The predicted molar refractivity (Wildman–Crippen MR) is 82.4 cm³/mol. The molecule has 0 bridgehead atoms. The Labute approximate surface area is 129 Å². The molecule has 1 saturated heterocycles. The van der Waals surface area contributed by atoms with E-state index in [4.69, 9.17) is 4.74 Å². The number of halogens is 1. The maximum atomic E-state index is 12.9. The van der Waals surface area contributed by atoms with Gasteiger partial charge in [0.1, 0.15) is 10.6 Å². The normalized spacial score (nSPS) is 24.6. The number of sulfonamides is 1. The molecule has 112 valence electrons. The van der Waals surface area contributed by atoms with E-state index in [-0.39, 0.29) is 10.9 Å². The van der Waals surface area contributed by atoms with Crippen molar-refractivity contribution in [1.82, 2.24) is 4.31 Å². The lowest BCUT2D eigenvalue weighted by atomic mass is 9.97. The summed E-state index contributed by atoms with van der Waals surface area (Å²) in [6, 6.07) is 5.09. The van der Waals surface area contributed by atoms with E-state index >= 15 is 0 Å². The van der Waals surface area contributed by atoms with Crippen LogP contribution < -0.4 is 4.74 Å². The first-order valence-corrected chi connectivity index (χ1v) is 8.95. The van der Waals surface area contributed by atoms with Crippen molar-refractivity contribution in [1.29, 1.82) is 0 Å². The monoisotopic (exact) mass is 361 g/mol. The van der Waals surface area contributed by atoms with Crippen LogP contribution in [0.5, 0.6) is 5.75 Å². The van der Waals surface area contributed by atoms with E-state index in [1.54, 1.807) is 22.5 Å². The predicted octanol–water partition coefficient (Wildman–Crippen LogP) is 3.27. The van der Waals surface area contributed by atoms with Crippen LogP contribution in [0.3, 0.4) is 0 Å². The highest BCUT2D eigenvalue weighted by Gasteiger charge is 2.35. The number of rotatable bonds is 3. The number of hydrogen-bond acceptors (Lipinski definition) is 3. The summed E-state index contributed by atoms with van der Waals surface area (Å²) in [6.07, 6.45) is 1.97. The van der Waals surface area contributed by atoms with Crippen molar-refractivity contribution in [3.8, 4) is 5.75 Å². The molecule has 20 heavy (non-hydrogen) atoms. The maximum Gasteiger partial charge on any atom is 0.247 e.